The molecule has 0 amide bonds. The Labute approximate surface area is 199 Å². The number of aromatic carboxylic acids is 1. The van der Waals surface area contributed by atoms with Gasteiger partial charge in [0.1, 0.15) is 0 Å². The average Bonchev–Trinajstić information content (AvgIpc) is 2.83. The lowest BCUT2D eigenvalue weighted by Gasteiger charge is -2.44. The summed E-state index contributed by atoms with van der Waals surface area (Å²) in [6, 6.07) is 8.10. The topological polar surface area (TPSA) is 53.0 Å². The lowest BCUT2D eigenvalue weighted by Crippen LogP contribution is -2.51. The molecule has 0 unspecified atom stereocenters. The molecule has 1 heterocycles. The number of hydrogen-bond acceptors (Lipinski definition) is 4. The number of nitrogens with zero attached hydrogens (tertiary/aromatic N) is 2. The molecule has 3 aliphatic rings. The fourth-order valence-corrected chi connectivity index (χ4v) is 6.11. The summed E-state index contributed by atoms with van der Waals surface area (Å²) >= 11 is 0. The minimum Gasteiger partial charge on any atom is -0.478 e. The Morgan fingerprint density at radius 2 is 1.47 bits per heavy atom. The molecule has 6 heteroatoms. The number of benzene rings is 1. The molecule has 0 radical (unpaired) electrons. The molecule has 1 aromatic rings. The van der Waals surface area contributed by atoms with E-state index in [1.54, 1.807) is 12.1 Å². The van der Waals surface area contributed by atoms with E-state index in [1.807, 2.05) is 12.1 Å². The molecule has 1 N–H and O–H groups in total. The maximum absolute atomic E-state index is 11.1. The Kier molecular flexibility index (Phi) is 9.69. The number of anilines is 1. The second kappa shape index (κ2) is 12.2. The van der Waals surface area contributed by atoms with Crippen LogP contribution in [0.4, 0.5) is 5.69 Å². The van der Waals surface area contributed by atoms with Crippen LogP contribution in [-0.4, -0.2) is 60.9 Å². The largest absolute Gasteiger partial charge is 0.478 e. The maximum Gasteiger partial charge on any atom is 0.335 e. The van der Waals surface area contributed by atoms with Gasteiger partial charge in [0, 0.05) is 44.5 Å². The molecule has 0 bridgehead atoms. The van der Waals surface area contributed by atoms with Crippen molar-refractivity contribution in [1.29, 1.82) is 0 Å². The molecular formula is C26H41ClN2O3. The van der Waals surface area contributed by atoms with E-state index in [1.165, 1.54) is 51.4 Å². The quantitative estimate of drug-likeness (QED) is 0.579. The Morgan fingerprint density at radius 1 is 0.906 bits per heavy atom. The first-order valence-electron chi connectivity index (χ1n) is 12.6. The summed E-state index contributed by atoms with van der Waals surface area (Å²) in [5.74, 6) is 1.02. The molecule has 2 aliphatic carbocycles. The zero-order chi connectivity index (χ0) is 21.6. The van der Waals surface area contributed by atoms with Gasteiger partial charge in [-0.25, -0.2) is 4.79 Å². The Morgan fingerprint density at radius 3 is 2.00 bits per heavy atom. The Balaban J connectivity index is 0.00000289. The highest BCUT2D eigenvalue weighted by Gasteiger charge is 2.33. The molecule has 0 atom stereocenters. The summed E-state index contributed by atoms with van der Waals surface area (Å²) in [5, 5.41) is 9.08. The first kappa shape index (κ1) is 25.3. The van der Waals surface area contributed by atoms with E-state index in [-0.39, 0.29) is 12.4 Å². The lowest BCUT2D eigenvalue weighted by molar-refractivity contribution is 0.00558. The van der Waals surface area contributed by atoms with Gasteiger partial charge in [0.15, 0.2) is 0 Å². The van der Waals surface area contributed by atoms with Crippen LogP contribution in [0, 0.1) is 11.8 Å². The molecule has 1 aliphatic heterocycles. The van der Waals surface area contributed by atoms with E-state index in [4.69, 9.17) is 9.84 Å². The second-order valence-corrected chi connectivity index (χ2v) is 9.85. The van der Waals surface area contributed by atoms with E-state index < -0.39 is 5.97 Å². The van der Waals surface area contributed by atoms with Gasteiger partial charge < -0.3 is 14.7 Å². The predicted molar refractivity (Wildman–Crippen MR) is 132 cm³/mol. The van der Waals surface area contributed by atoms with Gasteiger partial charge in [0.05, 0.1) is 11.7 Å². The lowest BCUT2D eigenvalue weighted by atomic mass is 9.71. The third kappa shape index (κ3) is 6.39. The highest BCUT2D eigenvalue weighted by molar-refractivity contribution is 5.88. The van der Waals surface area contributed by atoms with Crippen molar-refractivity contribution < 1.29 is 14.6 Å². The van der Waals surface area contributed by atoms with Crippen molar-refractivity contribution in [2.45, 2.75) is 76.9 Å². The molecular weight excluding hydrogens is 424 g/mol. The van der Waals surface area contributed by atoms with Crippen molar-refractivity contribution in [3.8, 4) is 0 Å². The van der Waals surface area contributed by atoms with Crippen molar-refractivity contribution in [3.05, 3.63) is 29.8 Å². The zero-order valence-electron chi connectivity index (χ0n) is 19.6. The monoisotopic (exact) mass is 464 g/mol. The van der Waals surface area contributed by atoms with Crippen molar-refractivity contribution in [1.82, 2.24) is 4.90 Å². The first-order valence-corrected chi connectivity index (χ1v) is 12.6. The van der Waals surface area contributed by atoms with Gasteiger partial charge in [-0.3, -0.25) is 4.90 Å². The fraction of sp³-hybridized carbons (Fsp3) is 0.731. The van der Waals surface area contributed by atoms with Crippen molar-refractivity contribution >= 4 is 24.1 Å². The first-order chi connectivity index (χ1) is 15.1. The number of rotatable bonds is 7. The Bertz CT molecular complexity index is 690. The normalized spacial score (nSPS) is 29.3. The van der Waals surface area contributed by atoms with Crippen LogP contribution in [0.25, 0.3) is 0 Å². The number of carboxylic acids is 1. The number of carboxylic acid groups (broad SMARTS) is 1. The number of carbonyl (C=O) groups is 1. The highest BCUT2D eigenvalue weighted by Crippen LogP contribution is 2.40. The van der Waals surface area contributed by atoms with Gasteiger partial charge in [-0.1, -0.05) is 6.92 Å². The highest BCUT2D eigenvalue weighted by atomic mass is 35.5. The average molecular weight is 465 g/mol. The molecule has 1 saturated heterocycles. The molecule has 0 spiro atoms. The number of hydrogen-bond donors (Lipinski definition) is 1. The summed E-state index contributed by atoms with van der Waals surface area (Å²) in [6.07, 6.45) is 12.5. The summed E-state index contributed by atoms with van der Waals surface area (Å²) in [5.41, 5.74) is 1.51. The van der Waals surface area contributed by atoms with Crippen LogP contribution >= 0.6 is 12.4 Å². The second-order valence-electron chi connectivity index (χ2n) is 9.85. The smallest absolute Gasteiger partial charge is 0.335 e. The number of ether oxygens (including phenoxy) is 1. The van der Waals surface area contributed by atoms with E-state index >= 15 is 0 Å². The van der Waals surface area contributed by atoms with E-state index in [2.05, 4.69) is 16.7 Å². The fourth-order valence-electron chi connectivity index (χ4n) is 6.11. The maximum atomic E-state index is 11.1. The SMILES string of the molecule is CCCOC1CCC(C2CCC(N3CCN(c4ccc(C(=O)O)cc4)CC3)CC2)CC1.Cl. The van der Waals surface area contributed by atoms with E-state index in [9.17, 15) is 4.79 Å². The van der Waals surface area contributed by atoms with Gasteiger partial charge in [-0.05, 0) is 93.9 Å². The predicted octanol–water partition coefficient (Wildman–Crippen LogP) is 5.47. The standard InChI is InChI=1S/C26H40N2O3.ClH/c1-2-19-31-25-13-7-21(8-14-25)20-3-9-23(10-4-20)27-15-17-28(18-16-27)24-11-5-22(6-12-24)26(29)30;/h5-6,11-12,20-21,23,25H,2-4,7-10,13-19H2,1H3,(H,29,30);1H. The van der Waals surface area contributed by atoms with Gasteiger partial charge in [0.2, 0.25) is 0 Å². The third-order valence-corrected chi connectivity index (χ3v) is 7.99. The van der Waals surface area contributed by atoms with Crippen LogP contribution in [0.3, 0.4) is 0 Å². The minimum atomic E-state index is -0.857. The molecule has 3 fully saturated rings. The van der Waals surface area contributed by atoms with Crippen LogP contribution in [0.1, 0.15) is 75.1 Å². The van der Waals surface area contributed by atoms with Gasteiger partial charge in [0.25, 0.3) is 0 Å². The van der Waals surface area contributed by atoms with Crippen LogP contribution < -0.4 is 4.90 Å². The molecule has 0 aromatic heterocycles. The van der Waals surface area contributed by atoms with Gasteiger partial charge in [-0.2, -0.15) is 0 Å². The van der Waals surface area contributed by atoms with Crippen molar-refractivity contribution in [2.75, 3.05) is 37.7 Å². The summed E-state index contributed by atoms with van der Waals surface area (Å²) in [6.45, 7) is 7.44. The van der Waals surface area contributed by atoms with Crippen LogP contribution in [0.15, 0.2) is 24.3 Å². The van der Waals surface area contributed by atoms with Gasteiger partial charge in [-0.15, -0.1) is 12.4 Å². The molecule has 1 aromatic carbocycles. The van der Waals surface area contributed by atoms with Crippen LogP contribution in [0.5, 0.6) is 0 Å². The minimum absolute atomic E-state index is 0. The summed E-state index contributed by atoms with van der Waals surface area (Å²) in [7, 11) is 0. The van der Waals surface area contributed by atoms with Crippen LogP contribution in [0.2, 0.25) is 0 Å². The summed E-state index contributed by atoms with van der Waals surface area (Å²) in [4.78, 5) is 16.2. The van der Waals surface area contributed by atoms with Gasteiger partial charge >= 0.3 is 5.97 Å². The summed E-state index contributed by atoms with van der Waals surface area (Å²) < 4.78 is 5.98. The van der Waals surface area contributed by atoms with Crippen molar-refractivity contribution in [2.24, 2.45) is 11.8 Å². The number of halogens is 1. The number of piperazine rings is 1. The van der Waals surface area contributed by atoms with E-state index in [0.717, 1.165) is 62.8 Å². The molecule has 32 heavy (non-hydrogen) atoms. The Hall–Kier alpha value is -1.30. The molecule has 180 valence electrons. The third-order valence-electron chi connectivity index (χ3n) is 7.99. The molecule has 2 saturated carbocycles. The van der Waals surface area contributed by atoms with Crippen molar-refractivity contribution in [3.63, 3.8) is 0 Å². The van der Waals surface area contributed by atoms with Crippen LogP contribution in [-0.2, 0) is 4.74 Å². The molecule has 4 rings (SSSR count). The molecule has 5 nitrogen and oxygen atoms in total. The van der Waals surface area contributed by atoms with E-state index in [0.29, 0.717) is 11.7 Å². The zero-order valence-corrected chi connectivity index (χ0v) is 20.4.